The molecule has 0 unspecified atom stereocenters. The van der Waals surface area contributed by atoms with Crippen LogP contribution in [0.4, 0.5) is 22.1 Å². The summed E-state index contributed by atoms with van der Waals surface area (Å²) in [5, 5.41) is 9.17. The van der Waals surface area contributed by atoms with E-state index in [2.05, 4.69) is 56.4 Å². The zero-order valence-corrected chi connectivity index (χ0v) is 21.4. The van der Waals surface area contributed by atoms with E-state index in [1.165, 1.54) is 0 Å². The fourth-order valence-corrected chi connectivity index (χ4v) is 5.22. The van der Waals surface area contributed by atoms with Gasteiger partial charge in [-0.1, -0.05) is 6.07 Å². The van der Waals surface area contributed by atoms with Crippen LogP contribution < -0.4 is 10.2 Å². The molecule has 2 saturated heterocycles. The van der Waals surface area contributed by atoms with Crippen LogP contribution in [0, 0.1) is 6.92 Å². The molecule has 2 atom stereocenters. The highest BCUT2D eigenvalue weighted by atomic mass is 16.6. The molecule has 10 heteroatoms. The number of anilines is 3. The molecule has 0 saturated carbocycles. The van der Waals surface area contributed by atoms with Gasteiger partial charge in [0.1, 0.15) is 11.4 Å². The van der Waals surface area contributed by atoms with Crippen LogP contribution >= 0.6 is 0 Å². The number of nitrogens with zero attached hydrogens (tertiary/aromatic N) is 7. The lowest BCUT2D eigenvalue weighted by molar-refractivity contribution is 0.0214. The number of benzene rings is 1. The fourth-order valence-electron chi connectivity index (χ4n) is 5.22. The van der Waals surface area contributed by atoms with Crippen molar-refractivity contribution in [2.24, 2.45) is 0 Å². The Morgan fingerprint density at radius 1 is 1.03 bits per heavy atom. The first-order valence-electron chi connectivity index (χ1n) is 12.5. The van der Waals surface area contributed by atoms with Crippen molar-refractivity contribution in [2.75, 3.05) is 23.3 Å². The summed E-state index contributed by atoms with van der Waals surface area (Å²) in [6, 6.07) is 8.75. The topological polar surface area (TPSA) is 101 Å². The molecule has 190 valence electrons. The quantitative estimate of drug-likeness (QED) is 0.440. The normalized spacial score (nSPS) is 19.0. The minimum absolute atomic E-state index is 0.138. The van der Waals surface area contributed by atoms with E-state index in [1.54, 1.807) is 18.6 Å². The van der Waals surface area contributed by atoms with Gasteiger partial charge in [0.25, 0.3) is 0 Å². The number of hydrogen-bond acceptors (Lipinski definition) is 8. The molecule has 4 aromatic rings. The highest BCUT2D eigenvalue weighted by molar-refractivity contribution is 5.93. The predicted molar refractivity (Wildman–Crippen MR) is 141 cm³/mol. The van der Waals surface area contributed by atoms with E-state index in [0.29, 0.717) is 18.2 Å². The molecular weight excluding hydrogens is 468 g/mol. The van der Waals surface area contributed by atoms with Crippen LogP contribution in [0.5, 0.6) is 0 Å². The summed E-state index contributed by atoms with van der Waals surface area (Å²) in [4.78, 5) is 29.9. The van der Waals surface area contributed by atoms with Crippen LogP contribution in [0.3, 0.4) is 0 Å². The van der Waals surface area contributed by atoms with E-state index in [1.807, 2.05) is 42.7 Å². The zero-order valence-electron chi connectivity index (χ0n) is 21.4. The second-order valence-electron chi connectivity index (χ2n) is 10.7. The van der Waals surface area contributed by atoms with Gasteiger partial charge in [0.05, 0.1) is 41.5 Å². The smallest absolute Gasteiger partial charge is 0.410 e. The summed E-state index contributed by atoms with van der Waals surface area (Å²) in [5.41, 5.74) is 3.51. The van der Waals surface area contributed by atoms with E-state index >= 15 is 0 Å². The largest absolute Gasteiger partial charge is 0.444 e. The fraction of sp³-hybridized carbons (Fsp3) is 0.370. The third-order valence-corrected chi connectivity index (χ3v) is 6.80. The highest BCUT2D eigenvalue weighted by Crippen LogP contribution is 2.36. The molecule has 10 nitrogen and oxygen atoms in total. The second kappa shape index (κ2) is 8.72. The maximum absolute atomic E-state index is 12.7. The van der Waals surface area contributed by atoms with Crippen LogP contribution in [0.15, 0.2) is 55.2 Å². The average Bonchev–Trinajstić information content (AvgIpc) is 3.57. The van der Waals surface area contributed by atoms with Crippen molar-refractivity contribution >= 4 is 34.3 Å². The standard InChI is InChI=1S/C27H30N8O2/c1-17-5-6-22-23(9-17)35(32-25(22)31-24-14-28-7-8-30-24)19-10-18(12-29-13-19)33-15-21-11-20(33)16-34(21)26(36)37-27(2,3)4/h5-10,12-14,20-21H,11,15-16H2,1-4H3,(H,30,31,32)/t20-,21-/m0/s1. The van der Waals surface area contributed by atoms with E-state index < -0.39 is 5.60 Å². The Hall–Kier alpha value is -4.21. The van der Waals surface area contributed by atoms with Gasteiger partial charge >= 0.3 is 6.09 Å². The number of amides is 1. The molecule has 1 amide bonds. The van der Waals surface area contributed by atoms with Crippen LogP contribution in [0.2, 0.25) is 0 Å². The van der Waals surface area contributed by atoms with Crippen LogP contribution in [0.1, 0.15) is 32.8 Å². The molecule has 0 spiro atoms. The van der Waals surface area contributed by atoms with Crippen molar-refractivity contribution in [1.82, 2.24) is 29.6 Å². The number of aromatic nitrogens is 5. The van der Waals surface area contributed by atoms with Gasteiger partial charge in [-0.2, -0.15) is 0 Å². The number of rotatable bonds is 4. The minimum atomic E-state index is -0.497. The number of carbonyl (C=O) groups excluding carboxylic acids is 1. The minimum Gasteiger partial charge on any atom is -0.444 e. The summed E-state index contributed by atoms with van der Waals surface area (Å²) in [6.45, 7) is 9.18. The molecule has 5 heterocycles. The molecule has 2 aliphatic heterocycles. The van der Waals surface area contributed by atoms with E-state index in [9.17, 15) is 4.79 Å². The van der Waals surface area contributed by atoms with Gasteiger partial charge in [0.2, 0.25) is 0 Å². The Balaban J connectivity index is 1.28. The van der Waals surface area contributed by atoms with E-state index in [0.717, 1.165) is 40.8 Å². The summed E-state index contributed by atoms with van der Waals surface area (Å²) < 4.78 is 7.53. The summed E-state index contributed by atoms with van der Waals surface area (Å²) in [6.07, 6.45) is 9.37. The summed E-state index contributed by atoms with van der Waals surface area (Å²) >= 11 is 0. The SMILES string of the molecule is Cc1ccc2c(Nc3cnccn3)nn(-c3cncc(N4C[C@@H]5C[C@H]4CN5C(=O)OC(C)(C)C)c3)c2c1. The van der Waals surface area contributed by atoms with Gasteiger partial charge < -0.3 is 19.9 Å². The molecule has 2 fully saturated rings. The number of likely N-dealkylation sites (tertiary alicyclic amines) is 1. The number of carbonyl (C=O) groups is 1. The lowest BCUT2D eigenvalue weighted by Crippen LogP contribution is -2.50. The molecule has 6 rings (SSSR count). The number of pyridine rings is 1. The van der Waals surface area contributed by atoms with E-state index in [-0.39, 0.29) is 18.2 Å². The number of nitrogens with one attached hydrogen (secondary N) is 1. The lowest BCUT2D eigenvalue weighted by Gasteiger charge is -2.36. The maximum Gasteiger partial charge on any atom is 0.410 e. The zero-order chi connectivity index (χ0) is 25.7. The molecular formula is C27H30N8O2. The molecule has 0 aliphatic carbocycles. The number of aryl methyl sites for hydroxylation is 1. The number of hydrogen-bond donors (Lipinski definition) is 1. The second-order valence-corrected chi connectivity index (χ2v) is 10.7. The number of ether oxygens (including phenoxy) is 1. The summed E-state index contributed by atoms with van der Waals surface area (Å²) in [5.74, 6) is 1.33. The molecule has 2 aliphatic rings. The van der Waals surface area contributed by atoms with Gasteiger partial charge in [-0.05, 0) is 57.9 Å². The third-order valence-electron chi connectivity index (χ3n) is 6.80. The molecule has 2 bridgehead atoms. The Bertz CT molecular complexity index is 1460. The van der Waals surface area contributed by atoms with Crippen molar-refractivity contribution in [3.05, 3.63) is 60.8 Å². The Morgan fingerprint density at radius 2 is 1.86 bits per heavy atom. The summed E-state index contributed by atoms with van der Waals surface area (Å²) in [7, 11) is 0. The third kappa shape index (κ3) is 4.43. The number of piperazine rings is 1. The first-order valence-corrected chi connectivity index (χ1v) is 12.5. The average molecular weight is 499 g/mol. The van der Waals surface area contributed by atoms with Crippen LogP contribution in [-0.2, 0) is 4.74 Å². The predicted octanol–water partition coefficient (Wildman–Crippen LogP) is 4.46. The van der Waals surface area contributed by atoms with Crippen molar-refractivity contribution in [1.29, 1.82) is 0 Å². The Labute approximate surface area is 215 Å². The van der Waals surface area contributed by atoms with Gasteiger partial charge in [-0.15, -0.1) is 5.10 Å². The van der Waals surface area contributed by atoms with Crippen LogP contribution in [0.25, 0.3) is 16.6 Å². The van der Waals surface area contributed by atoms with Crippen molar-refractivity contribution in [3.8, 4) is 5.69 Å². The lowest BCUT2D eigenvalue weighted by atomic mass is 10.2. The first-order chi connectivity index (χ1) is 17.7. The molecule has 1 aromatic carbocycles. The first kappa shape index (κ1) is 23.2. The van der Waals surface area contributed by atoms with Crippen molar-refractivity contribution in [2.45, 2.75) is 51.8 Å². The van der Waals surface area contributed by atoms with E-state index in [4.69, 9.17) is 9.84 Å². The highest BCUT2D eigenvalue weighted by Gasteiger charge is 2.46. The monoisotopic (exact) mass is 498 g/mol. The Kier molecular flexibility index (Phi) is 5.47. The van der Waals surface area contributed by atoms with Gasteiger partial charge in [0.15, 0.2) is 5.82 Å². The Morgan fingerprint density at radius 3 is 2.59 bits per heavy atom. The van der Waals surface area contributed by atoms with Gasteiger partial charge in [-0.25, -0.2) is 14.5 Å². The maximum atomic E-state index is 12.7. The number of fused-ring (bicyclic) bond motifs is 3. The van der Waals surface area contributed by atoms with Crippen molar-refractivity contribution < 1.29 is 9.53 Å². The van der Waals surface area contributed by atoms with Gasteiger partial charge in [-0.3, -0.25) is 9.97 Å². The molecule has 1 N–H and O–H groups in total. The molecule has 0 radical (unpaired) electrons. The van der Waals surface area contributed by atoms with Crippen LogP contribution in [-0.4, -0.2) is 66.5 Å². The van der Waals surface area contributed by atoms with Crippen molar-refractivity contribution in [3.63, 3.8) is 0 Å². The van der Waals surface area contributed by atoms with Gasteiger partial charge in [0, 0.05) is 36.9 Å². The molecule has 3 aromatic heterocycles. The molecule has 37 heavy (non-hydrogen) atoms.